The number of benzene rings is 2. The fraction of sp³-hybridized carbons (Fsp3) is 0.333. The van der Waals surface area contributed by atoms with Crippen LogP contribution in [0.1, 0.15) is 41.6 Å². The monoisotopic (exact) mass is 559 g/mol. The normalized spacial score (nSPS) is 14.7. The van der Waals surface area contributed by atoms with E-state index in [0.29, 0.717) is 18.7 Å². The lowest BCUT2D eigenvalue weighted by Crippen LogP contribution is -2.21. The molecule has 0 saturated heterocycles. The molecule has 0 amide bonds. The summed E-state index contributed by atoms with van der Waals surface area (Å²) in [6.07, 6.45) is 2.66. The summed E-state index contributed by atoms with van der Waals surface area (Å²) in [5.41, 5.74) is 1.17. The van der Waals surface area contributed by atoms with Gasteiger partial charge in [0.2, 0.25) is 11.9 Å². The van der Waals surface area contributed by atoms with Crippen molar-refractivity contribution in [3.05, 3.63) is 65.7 Å². The van der Waals surface area contributed by atoms with Gasteiger partial charge in [-0.1, -0.05) is 24.3 Å². The van der Waals surface area contributed by atoms with Crippen molar-refractivity contribution in [2.75, 3.05) is 30.5 Å². The number of nitrogens with one attached hydrogen (secondary N) is 2. The number of alkyl halides is 3. The molecule has 0 radical (unpaired) electrons. The third-order valence-electron chi connectivity index (χ3n) is 5.55. The molecule has 0 aliphatic carbocycles. The Balaban J connectivity index is 1.61. The summed E-state index contributed by atoms with van der Waals surface area (Å²) in [7, 11) is 0. The summed E-state index contributed by atoms with van der Waals surface area (Å²) in [6, 6.07) is 11.1. The molecule has 2 aliphatic rings. The fourth-order valence-electron chi connectivity index (χ4n) is 3.62. The number of aromatic carboxylic acids is 1. The highest BCUT2D eigenvalue weighted by atomic mass is 19.4. The Kier molecular flexibility index (Phi) is 9.60. The van der Waals surface area contributed by atoms with E-state index in [9.17, 15) is 23.1 Å². The number of aromatic nitrogens is 3. The predicted octanol–water partition coefficient (Wildman–Crippen LogP) is 5.75. The lowest BCUT2D eigenvalue weighted by atomic mass is 10.2. The van der Waals surface area contributed by atoms with Crippen LogP contribution in [0.5, 0.6) is 17.5 Å². The van der Waals surface area contributed by atoms with Gasteiger partial charge in [-0.15, -0.1) is 0 Å². The van der Waals surface area contributed by atoms with Crippen molar-refractivity contribution >= 4 is 23.6 Å². The van der Waals surface area contributed by atoms with Crippen LogP contribution in [0.3, 0.4) is 0 Å². The second-order valence-electron chi connectivity index (χ2n) is 8.76. The van der Waals surface area contributed by atoms with Crippen LogP contribution in [-0.4, -0.2) is 52.0 Å². The molecule has 10 nitrogen and oxygen atoms in total. The van der Waals surface area contributed by atoms with Crippen molar-refractivity contribution in [2.24, 2.45) is 0 Å². The van der Waals surface area contributed by atoms with Gasteiger partial charge in [0.05, 0.1) is 13.2 Å². The number of ether oxygens (including phenoxy) is 3. The first kappa shape index (κ1) is 28.5. The first-order chi connectivity index (χ1) is 19.2. The maximum atomic E-state index is 12.8. The van der Waals surface area contributed by atoms with Gasteiger partial charge in [0.15, 0.2) is 6.61 Å². The number of rotatable bonds is 3. The van der Waals surface area contributed by atoms with Crippen molar-refractivity contribution < 1.29 is 37.3 Å². The van der Waals surface area contributed by atoms with E-state index in [2.05, 4.69) is 31.7 Å². The number of allylic oxidation sites excluding steroid dienone is 2. The minimum absolute atomic E-state index is 0.0282. The van der Waals surface area contributed by atoms with Gasteiger partial charge in [0.1, 0.15) is 17.1 Å². The van der Waals surface area contributed by atoms with Crippen molar-refractivity contribution in [1.82, 2.24) is 15.0 Å². The van der Waals surface area contributed by atoms with Crippen LogP contribution in [0.25, 0.3) is 0 Å². The van der Waals surface area contributed by atoms with E-state index in [1.165, 1.54) is 18.2 Å². The van der Waals surface area contributed by atoms with E-state index in [1.807, 2.05) is 30.3 Å². The molecule has 212 valence electrons. The molecule has 0 saturated carbocycles. The van der Waals surface area contributed by atoms with Gasteiger partial charge >= 0.3 is 18.2 Å². The molecule has 40 heavy (non-hydrogen) atoms. The van der Waals surface area contributed by atoms with Crippen LogP contribution < -0.4 is 24.8 Å². The molecule has 0 fully saturated rings. The van der Waals surface area contributed by atoms with E-state index >= 15 is 0 Å². The average molecular weight is 560 g/mol. The smallest absolute Gasteiger partial charge is 0.422 e. The number of carboxylic acid groups (broad SMARTS) is 1. The highest BCUT2D eigenvalue weighted by Crippen LogP contribution is 2.27. The molecule has 5 rings (SSSR count). The van der Waals surface area contributed by atoms with Crippen LogP contribution in [0.4, 0.5) is 30.8 Å². The molecule has 13 heteroatoms. The Morgan fingerprint density at radius 3 is 2.35 bits per heavy atom. The zero-order valence-electron chi connectivity index (χ0n) is 21.4. The van der Waals surface area contributed by atoms with Gasteiger partial charge < -0.3 is 30.0 Å². The Morgan fingerprint density at radius 2 is 1.65 bits per heavy atom. The largest absolute Gasteiger partial charge is 0.494 e. The lowest BCUT2D eigenvalue weighted by molar-refractivity contribution is -0.154. The second-order valence-corrected chi connectivity index (χ2v) is 8.76. The highest BCUT2D eigenvalue weighted by molar-refractivity contribution is 5.91. The third-order valence-corrected chi connectivity index (χ3v) is 5.55. The molecule has 0 unspecified atom stereocenters. The molecule has 2 aromatic carbocycles. The third kappa shape index (κ3) is 9.03. The zero-order chi connectivity index (χ0) is 28.4. The van der Waals surface area contributed by atoms with Crippen LogP contribution in [0.2, 0.25) is 0 Å². The van der Waals surface area contributed by atoms with Crippen LogP contribution in [0, 0.1) is 0 Å². The van der Waals surface area contributed by atoms with Gasteiger partial charge in [-0.3, -0.25) is 0 Å². The molecular weight excluding hydrogens is 531 g/mol. The SMILES string of the molecule is O=C(O)c1ccc2cc1OCCCC=CCCCOc1ccc(cc1)CNc1nc(nc(OCC(F)(F)F)n1)N2. The van der Waals surface area contributed by atoms with E-state index in [1.54, 1.807) is 0 Å². The Morgan fingerprint density at radius 1 is 0.950 bits per heavy atom. The first-order valence-electron chi connectivity index (χ1n) is 12.6. The average Bonchev–Trinajstić information content (AvgIpc) is 2.91. The molecule has 1 aromatic heterocycles. The fourth-order valence-corrected chi connectivity index (χ4v) is 3.62. The molecule has 3 aromatic rings. The quantitative estimate of drug-likeness (QED) is 0.341. The van der Waals surface area contributed by atoms with E-state index in [-0.39, 0.29) is 36.4 Å². The molecule has 2 aliphatic heterocycles. The summed E-state index contributed by atoms with van der Waals surface area (Å²) >= 11 is 0. The van der Waals surface area contributed by atoms with Gasteiger partial charge in [-0.2, -0.15) is 28.1 Å². The van der Waals surface area contributed by atoms with Crippen molar-refractivity contribution in [2.45, 2.75) is 38.4 Å². The minimum atomic E-state index is -4.59. The van der Waals surface area contributed by atoms with Gasteiger partial charge in [-0.25, -0.2) is 4.79 Å². The molecule has 3 heterocycles. The van der Waals surface area contributed by atoms with Crippen LogP contribution in [0.15, 0.2) is 54.6 Å². The summed E-state index contributed by atoms with van der Waals surface area (Å²) in [4.78, 5) is 23.8. The maximum Gasteiger partial charge on any atom is 0.422 e. The van der Waals surface area contributed by atoms with Crippen molar-refractivity contribution in [1.29, 1.82) is 0 Å². The number of carbonyl (C=O) groups is 1. The summed E-state index contributed by atoms with van der Waals surface area (Å²) in [6.45, 7) is -0.487. The van der Waals surface area contributed by atoms with Crippen LogP contribution >= 0.6 is 0 Å². The predicted molar refractivity (Wildman–Crippen MR) is 140 cm³/mol. The second kappa shape index (κ2) is 13.5. The number of fused-ring (bicyclic) bond motifs is 11. The summed E-state index contributed by atoms with van der Waals surface area (Å²) in [5.74, 6) is -0.458. The highest BCUT2D eigenvalue weighted by Gasteiger charge is 2.29. The number of nitrogens with zero attached hydrogens (tertiary/aromatic N) is 3. The van der Waals surface area contributed by atoms with Gasteiger partial charge in [-0.05, 0) is 55.5 Å². The number of carboxylic acids is 1. The first-order valence-corrected chi connectivity index (χ1v) is 12.6. The van der Waals surface area contributed by atoms with E-state index in [4.69, 9.17) is 14.2 Å². The molecule has 0 atom stereocenters. The number of halogens is 3. The Hall–Kier alpha value is -4.55. The number of hydrogen-bond donors (Lipinski definition) is 3. The minimum Gasteiger partial charge on any atom is -0.494 e. The van der Waals surface area contributed by atoms with Gasteiger partial charge in [0.25, 0.3) is 0 Å². The molecule has 0 spiro atoms. The topological polar surface area (TPSA) is 128 Å². The molecule has 3 N–H and O–H groups in total. The van der Waals surface area contributed by atoms with Crippen LogP contribution in [-0.2, 0) is 6.54 Å². The standard InChI is InChI=1S/C27H28F3N5O5/c28-27(29,30)17-40-26-34-24-31-16-18-7-10-20(11-8-18)38-13-5-3-1-2-4-6-14-39-22-15-19(32-25(33-24)35-26)9-12-21(22)23(36)37/h1-2,7-12,15H,3-6,13-14,16-17H2,(H,36,37)(H2,31,32,33,34,35). The van der Waals surface area contributed by atoms with Crippen molar-refractivity contribution in [3.63, 3.8) is 0 Å². The van der Waals surface area contributed by atoms with Crippen molar-refractivity contribution in [3.8, 4) is 17.5 Å². The Labute approximate surface area is 228 Å². The number of hydrogen-bond acceptors (Lipinski definition) is 9. The summed E-state index contributed by atoms with van der Waals surface area (Å²) < 4.78 is 54.6. The summed E-state index contributed by atoms with van der Waals surface area (Å²) in [5, 5.41) is 15.4. The Bertz CT molecular complexity index is 1320. The lowest BCUT2D eigenvalue weighted by Gasteiger charge is -2.14. The number of anilines is 3. The zero-order valence-corrected chi connectivity index (χ0v) is 21.4. The molecular formula is C27H28F3N5O5. The van der Waals surface area contributed by atoms with E-state index < -0.39 is 24.8 Å². The van der Waals surface area contributed by atoms with Gasteiger partial charge in [0, 0.05) is 18.3 Å². The van der Waals surface area contributed by atoms with E-state index in [0.717, 1.165) is 30.6 Å². The molecule has 6 bridgehead atoms. The maximum absolute atomic E-state index is 12.8.